The van der Waals surface area contributed by atoms with Crippen LogP contribution in [0.3, 0.4) is 0 Å². The van der Waals surface area contributed by atoms with Gasteiger partial charge in [0, 0.05) is 19.1 Å². The van der Waals surface area contributed by atoms with Crippen molar-refractivity contribution in [2.45, 2.75) is 30.9 Å². The van der Waals surface area contributed by atoms with E-state index in [-0.39, 0.29) is 12.4 Å². The van der Waals surface area contributed by atoms with Gasteiger partial charge in [-0.15, -0.1) is 12.4 Å². The third kappa shape index (κ3) is 1.74. The van der Waals surface area contributed by atoms with Crippen molar-refractivity contribution >= 4 is 12.4 Å². The first kappa shape index (κ1) is 10.3. The molecule has 0 aromatic heterocycles. The molecule has 2 heterocycles. The second-order valence-electron chi connectivity index (χ2n) is 3.71. The zero-order chi connectivity index (χ0) is 7.73. The highest BCUT2D eigenvalue weighted by molar-refractivity contribution is 5.85. The van der Waals surface area contributed by atoms with Crippen LogP contribution in [-0.2, 0) is 0 Å². The van der Waals surface area contributed by atoms with Gasteiger partial charge in [-0.1, -0.05) is 6.42 Å². The molecule has 4 heteroatoms. The fourth-order valence-corrected chi connectivity index (χ4v) is 1.94. The van der Waals surface area contributed by atoms with E-state index in [0.29, 0.717) is 6.04 Å². The van der Waals surface area contributed by atoms with E-state index in [1.807, 2.05) is 0 Å². The Hall–Kier alpha value is 0.170. The minimum absolute atomic E-state index is 0. The molecule has 2 aliphatic heterocycles. The molecule has 2 aliphatic rings. The van der Waals surface area contributed by atoms with Gasteiger partial charge in [0.1, 0.15) is 5.60 Å². The molecule has 0 radical (unpaired) electrons. The second kappa shape index (κ2) is 3.92. The lowest BCUT2D eigenvalue weighted by molar-refractivity contribution is -0.0495. The van der Waals surface area contributed by atoms with Gasteiger partial charge in [-0.25, -0.2) is 0 Å². The molecule has 0 bridgehead atoms. The number of piperidine rings is 1. The summed E-state index contributed by atoms with van der Waals surface area (Å²) >= 11 is 0. The van der Waals surface area contributed by atoms with E-state index in [9.17, 15) is 5.11 Å². The summed E-state index contributed by atoms with van der Waals surface area (Å²) in [5.74, 6) is 0. The first-order chi connectivity index (χ1) is 5.31. The average molecular weight is 193 g/mol. The molecule has 2 saturated heterocycles. The predicted molar refractivity (Wildman–Crippen MR) is 50.7 cm³/mol. The zero-order valence-corrected chi connectivity index (χ0v) is 7.99. The zero-order valence-electron chi connectivity index (χ0n) is 7.18. The molecule has 0 saturated carbocycles. The van der Waals surface area contributed by atoms with Gasteiger partial charge in [0.15, 0.2) is 0 Å². The van der Waals surface area contributed by atoms with Crippen molar-refractivity contribution in [1.29, 1.82) is 0 Å². The van der Waals surface area contributed by atoms with Crippen LogP contribution in [0.5, 0.6) is 0 Å². The summed E-state index contributed by atoms with van der Waals surface area (Å²) in [5.41, 5.74) is -0.430. The fraction of sp³-hybridized carbons (Fsp3) is 1.00. The summed E-state index contributed by atoms with van der Waals surface area (Å²) in [7, 11) is 0. The van der Waals surface area contributed by atoms with Gasteiger partial charge in [0.05, 0.1) is 0 Å². The third-order valence-corrected chi connectivity index (χ3v) is 2.82. The molecular formula is C8H17ClN2O. The lowest BCUT2D eigenvalue weighted by Crippen LogP contribution is -2.69. The van der Waals surface area contributed by atoms with E-state index >= 15 is 0 Å². The largest absolute Gasteiger partial charge is 0.386 e. The standard InChI is InChI=1S/C8H16N2O.ClH/c11-8(5-9-6-8)7-3-1-2-4-10-7;/h7,9-11H,1-6H2;1H. The average Bonchev–Trinajstić information content (AvgIpc) is 2.02. The van der Waals surface area contributed by atoms with Crippen molar-refractivity contribution in [3.8, 4) is 0 Å². The van der Waals surface area contributed by atoms with Crippen LogP contribution >= 0.6 is 12.4 Å². The summed E-state index contributed by atoms with van der Waals surface area (Å²) in [4.78, 5) is 0. The summed E-state index contributed by atoms with van der Waals surface area (Å²) in [6.07, 6.45) is 3.66. The highest BCUT2D eigenvalue weighted by Gasteiger charge is 2.42. The number of hydrogen-bond acceptors (Lipinski definition) is 3. The van der Waals surface area contributed by atoms with Gasteiger partial charge in [-0.2, -0.15) is 0 Å². The first-order valence-corrected chi connectivity index (χ1v) is 4.48. The Balaban J connectivity index is 0.000000720. The number of halogens is 1. The van der Waals surface area contributed by atoms with E-state index in [0.717, 1.165) is 26.1 Å². The molecule has 2 rings (SSSR count). The van der Waals surface area contributed by atoms with Crippen molar-refractivity contribution in [3.63, 3.8) is 0 Å². The molecule has 0 amide bonds. The van der Waals surface area contributed by atoms with Gasteiger partial charge in [0.2, 0.25) is 0 Å². The Morgan fingerprint density at radius 3 is 2.42 bits per heavy atom. The van der Waals surface area contributed by atoms with Crippen LogP contribution in [0, 0.1) is 0 Å². The molecule has 12 heavy (non-hydrogen) atoms. The number of rotatable bonds is 1. The highest BCUT2D eigenvalue weighted by atomic mass is 35.5. The maximum atomic E-state index is 9.91. The van der Waals surface area contributed by atoms with E-state index in [1.54, 1.807) is 0 Å². The van der Waals surface area contributed by atoms with Crippen LogP contribution in [0.25, 0.3) is 0 Å². The lowest BCUT2D eigenvalue weighted by atomic mass is 9.83. The Morgan fingerprint density at radius 2 is 2.00 bits per heavy atom. The fourth-order valence-electron chi connectivity index (χ4n) is 1.94. The van der Waals surface area contributed by atoms with E-state index < -0.39 is 5.60 Å². The molecule has 3 nitrogen and oxygen atoms in total. The summed E-state index contributed by atoms with van der Waals surface area (Å²) in [5, 5.41) is 16.4. The molecule has 1 atom stereocenters. The minimum atomic E-state index is -0.430. The van der Waals surface area contributed by atoms with Crippen LogP contribution in [0.1, 0.15) is 19.3 Å². The van der Waals surface area contributed by atoms with E-state index in [4.69, 9.17) is 0 Å². The molecule has 0 aromatic carbocycles. The molecule has 0 spiro atoms. The second-order valence-corrected chi connectivity index (χ2v) is 3.71. The summed E-state index contributed by atoms with van der Waals surface area (Å²) < 4.78 is 0. The molecule has 72 valence electrons. The normalized spacial score (nSPS) is 33.2. The molecule has 2 fully saturated rings. The van der Waals surface area contributed by atoms with Crippen LogP contribution in [0.2, 0.25) is 0 Å². The summed E-state index contributed by atoms with van der Waals surface area (Å²) in [6.45, 7) is 2.61. The third-order valence-electron chi connectivity index (χ3n) is 2.82. The van der Waals surface area contributed by atoms with Crippen LogP contribution in [0.4, 0.5) is 0 Å². The van der Waals surface area contributed by atoms with Crippen molar-refractivity contribution < 1.29 is 5.11 Å². The Morgan fingerprint density at radius 1 is 1.25 bits per heavy atom. The van der Waals surface area contributed by atoms with Crippen LogP contribution in [0.15, 0.2) is 0 Å². The van der Waals surface area contributed by atoms with E-state index in [2.05, 4.69) is 10.6 Å². The Labute approximate surface area is 79.3 Å². The first-order valence-electron chi connectivity index (χ1n) is 4.48. The molecule has 3 N–H and O–H groups in total. The van der Waals surface area contributed by atoms with Gasteiger partial charge in [0.25, 0.3) is 0 Å². The van der Waals surface area contributed by atoms with Gasteiger partial charge < -0.3 is 15.7 Å². The SMILES string of the molecule is Cl.OC1(C2CCCCN2)CNC1. The predicted octanol–water partition coefficient (Wildman–Crippen LogP) is -0.115. The highest BCUT2D eigenvalue weighted by Crippen LogP contribution is 2.22. The van der Waals surface area contributed by atoms with Gasteiger partial charge in [-0.3, -0.25) is 0 Å². The van der Waals surface area contributed by atoms with E-state index in [1.165, 1.54) is 12.8 Å². The Kier molecular flexibility index (Phi) is 3.35. The quantitative estimate of drug-likeness (QED) is 0.543. The van der Waals surface area contributed by atoms with Gasteiger partial charge in [-0.05, 0) is 19.4 Å². The Bertz CT molecular complexity index is 144. The van der Waals surface area contributed by atoms with Crippen molar-refractivity contribution in [1.82, 2.24) is 10.6 Å². The number of aliphatic hydroxyl groups is 1. The maximum absolute atomic E-state index is 9.91. The molecular weight excluding hydrogens is 176 g/mol. The monoisotopic (exact) mass is 192 g/mol. The smallest absolute Gasteiger partial charge is 0.105 e. The minimum Gasteiger partial charge on any atom is -0.386 e. The van der Waals surface area contributed by atoms with Gasteiger partial charge >= 0.3 is 0 Å². The van der Waals surface area contributed by atoms with Crippen LogP contribution < -0.4 is 10.6 Å². The number of nitrogens with one attached hydrogen (secondary N) is 2. The van der Waals surface area contributed by atoms with Crippen molar-refractivity contribution in [2.24, 2.45) is 0 Å². The van der Waals surface area contributed by atoms with Crippen molar-refractivity contribution in [3.05, 3.63) is 0 Å². The maximum Gasteiger partial charge on any atom is 0.105 e. The summed E-state index contributed by atoms with van der Waals surface area (Å²) in [6, 6.07) is 0.345. The lowest BCUT2D eigenvalue weighted by Gasteiger charge is -2.45. The van der Waals surface area contributed by atoms with Crippen LogP contribution in [-0.4, -0.2) is 36.4 Å². The topological polar surface area (TPSA) is 44.3 Å². The number of hydrogen-bond donors (Lipinski definition) is 3. The molecule has 0 aromatic rings. The molecule has 0 aliphatic carbocycles. The number of β-amino-alcohol motifs (C(OH)–C–C–N with tert-alkyl or cyclic N) is 1. The van der Waals surface area contributed by atoms with Crippen molar-refractivity contribution in [2.75, 3.05) is 19.6 Å². The molecule has 1 unspecified atom stereocenters.